The maximum absolute atomic E-state index is 12.1. The number of nitrogens with one attached hydrogen (secondary N) is 1. The Bertz CT molecular complexity index is 321. The Morgan fingerprint density at radius 1 is 1.26 bits per heavy atom. The van der Waals surface area contributed by atoms with Gasteiger partial charge in [-0.1, -0.05) is 27.7 Å². The fourth-order valence-electron chi connectivity index (χ4n) is 2.81. The number of carboxylic acid groups (broad SMARTS) is 1. The van der Waals surface area contributed by atoms with E-state index in [9.17, 15) is 9.59 Å². The van der Waals surface area contributed by atoms with Crippen LogP contribution in [0.2, 0.25) is 0 Å². The number of amides is 2. The highest BCUT2D eigenvalue weighted by Crippen LogP contribution is 2.21. The molecule has 1 rings (SSSR count). The number of aliphatic carboxylic acids is 1. The van der Waals surface area contributed by atoms with Crippen LogP contribution in [-0.2, 0) is 4.79 Å². The van der Waals surface area contributed by atoms with Crippen LogP contribution in [-0.4, -0.2) is 41.1 Å². The van der Waals surface area contributed by atoms with E-state index in [2.05, 4.69) is 33.0 Å². The molecule has 1 aliphatic rings. The van der Waals surface area contributed by atoms with Crippen molar-refractivity contribution in [3.05, 3.63) is 0 Å². The fraction of sp³-hybridized carbons (Fsp3) is 0.857. The van der Waals surface area contributed by atoms with Crippen LogP contribution in [0.25, 0.3) is 0 Å². The highest BCUT2D eigenvalue weighted by atomic mass is 16.4. The molecule has 19 heavy (non-hydrogen) atoms. The van der Waals surface area contributed by atoms with Gasteiger partial charge in [-0.15, -0.1) is 0 Å². The molecule has 5 heteroatoms. The van der Waals surface area contributed by atoms with Crippen molar-refractivity contribution in [2.75, 3.05) is 13.1 Å². The molecule has 0 aromatic heterocycles. The third-order valence-electron chi connectivity index (χ3n) is 4.00. The van der Waals surface area contributed by atoms with Gasteiger partial charge in [0.1, 0.15) is 6.04 Å². The van der Waals surface area contributed by atoms with Gasteiger partial charge >= 0.3 is 12.0 Å². The second-order valence-electron chi connectivity index (χ2n) is 6.03. The molecule has 2 amide bonds. The van der Waals surface area contributed by atoms with E-state index < -0.39 is 12.0 Å². The van der Waals surface area contributed by atoms with E-state index in [-0.39, 0.29) is 6.03 Å². The summed E-state index contributed by atoms with van der Waals surface area (Å²) in [5.41, 5.74) is 0. The zero-order valence-corrected chi connectivity index (χ0v) is 12.3. The molecule has 1 fully saturated rings. The van der Waals surface area contributed by atoms with Crippen molar-refractivity contribution in [1.82, 2.24) is 10.2 Å². The summed E-state index contributed by atoms with van der Waals surface area (Å²) in [6.45, 7) is 9.73. The normalized spacial score (nSPS) is 19.5. The molecule has 110 valence electrons. The first kappa shape index (κ1) is 15.8. The summed E-state index contributed by atoms with van der Waals surface area (Å²) in [5.74, 6) is 0.495. The number of hydrogen-bond donors (Lipinski definition) is 2. The molecule has 0 spiro atoms. The highest BCUT2D eigenvalue weighted by molar-refractivity contribution is 5.83. The number of urea groups is 1. The molecule has 1 unspecified atom stereocenters. The van der Waals surface area contributed by atoms with Crippen molar-refractivity contribution in [2.45, 2.75) is 46.6 Å². The third-order valence-corrected chi connectivity index (χ3v) is 4.00. The number of carbonyl (C=O) groups is 2. The van der Waals surface area contributed by atoms with Crippen molar-refractivity contribution in [3.8, 4) is 0 Å². The number of carbonyl (C=O) groups excluding carboxylic acids is 1. The Morgan fingerprint density at radius 2 is 1.84 bits per heavy atom. The van der Waals surface area contributed by atoms with Crippen LogP contribution in [0.3, 0.4) is 0 Å². The Kier molecular flexibility index (Phi) is 5.63. The van der Waals surface area contributed by atoms with Gasteiger partial charge in [0.2, 0.25) is 0 Å². The van der Waals surface area contributed by atoms with Gasteiger partial charge in [0, 0.05) is 13.1 Å². The smallest absolute Gasteiger partial charge is 0.326 e. The van der Waals surface area contributed by atoms with Crippen LogP contribution >= 0.6 is 0 Å². The summed E-state index contributed by atoms with van der Waals surface area (Å²) in [4.78, 5) is 24.6. The van der Waals surface area contributed by atoms with E-state index in [1.165, 1.54) is 4.90 Å². The zero-order chi connectivity index (χ0) is 14.6. The number of nitrogens with zero attached hydrogens (tertiary/aromatic N) is 1. The summed E-state index contributed by atoms with van der Waals surface area (Å²) in [6.07, 6.45) is 1.32. The quantitative estimate of drug-likeness (QED) is 0.804. The molecule has 1 atom stereocenters. The lowest BCUT2D eigenvalue weighted by molar-refractivity contribution is -0.141. The van der Waals surface area contributed by atoms with Gasteiger partial charge in [-0.2, -0.15) is 0 Å². The predicted molar refractivity (Wildman–Crippen MR) is 73.9 cm³/mol. The van der Waals surface area contributed by atoms with Gasteiger partial charge in [-0.05, 0) is 30.6 Å². The van der Waals surface area contributed by atoms with Crippen molar-refractivity contribution in [1.29, 1.82) is 0 Å². The lowest BCUT2D eigenvalue weighted by atomic mass is 9.85. The van der Waals surface area contributed by atoms with Gasteiger partial charge < -0.3 is 15.3 Å². The van der Waals surface area contributed by atoms with Crippen LogP contribution in [0, 0.1) is 17.8 Å². The molecular formula is C14H26N2O3. The van der Waals surface area contributed by atoms with Gasteiger partial charge in [-0.25, -0.2) is 9.59 Å². The Morgan fingerprint density at radius 3 is 2.32 bits per heavy atom. The molecule has 2 N–H and O–H groups in total. The maximum Gasteiger partial charge on any atom is 0.326 e. The molecule has 0 aliphatic carbocycles. The first-order valence-electron chi connectivity index (χ1n) is 7.11. The standard InChI is InChI=1S/C14H26N2O3/c1-9(2)11(10(3)4)8-15-14(19)16-7-5-6-12(16)13(17)18/h9-12H,5-8H2,1-4H3,(H,15,19)(H,17,18). The molecule has 0 saturated carbocycles. The lowest BCUT2D eigenvalue weighted by Crippen LogP contribution is -2.47. The van der Waals surface area contributed by atoms with Gasteiger partial charge in [0.15, 0.2) is 0 Å². The molecule has 1 heterocycles. The van der Waals surface area contributed by atoms with Gasteiger partial charge in [0.25, 0.3) is 0 Å². The average Bonchev–Trinajstić information content (AvgIpc) is 2.76. The summed E-state index contributed by atoms with van der Waals surface area (Å²) in [7, 11) is 0. The topological polar surface area (TPSA) is 69.6 Å². The van der Waals surface area contributed by atoms with Crippen LogP contribution in [0.1, 0.15) is 40.5 Å². The molecule has 5 nitrogen and oxygen atoms in total. The van der Waals surface area contributed by atoms with E-state index in [0.717, 1.165) is 6.42 Å². The minimum atomic E-state index is -0.906. The fourth-order valence-corrected chi connectivity index (χ4v) is 2.81. The Labute approximate surface area is 115 Å². The van der Waals surface area contributed by atoms with E-state index in [0.29, 0.717) is 37.3 Å². The van der Waals surface area contributed by atoms with Crippen LogP contribution in [0.15, 0.2) is 0 Å². The molecule has 1 saturated heterocycles. The third kappa shape index (κ3) is 4.11. The molecule has 0 radical (unpaired) electrons. The second-order valence-corrected chi connectivity index (χ2v) is 6.03. The van der Waals surface area contributed by atoms with Crippen molar-refractivity contribution >= 4 is 12.0 Å². The van der Waals surface area contributed by atoms with Crippen molar-refractivity contribution in [2.24, 2.45) is 17.8 Å². The van der Waals surface area contributed by atoms with Crippen LogP contribution < -0.4 is 5.32 Å². The number of carboxylic acids is 1. The molecule has 0 bridgehead atoms. The SMILES string of the molecule is CC(C)C(CNC(=O)N1CCCC1C(=O)O)C(C)C. The number of rotatable bonds is 5. The average molecular weight is 270 g/mol. The van der Waals surface area contributed by atoms with E-state index in [4.69, 9.17) is 5.11 Å². The van der Waals surface area contributed by atoms with Crippen molar-refractivity contribution < 1.29 is 14.7 Å². The van der Waals surface area contributed by atoms with E-state index in [1.807, 2.05) is 0 Å². The maximum atomic E-state index is 12.1. The Hall–Kier alpha value is -1.26. The molecule has 1 aliphatic heterocycles. The van der Waals surface area contributed by atoms with Gasteiger partial charge in [-0.3, -0.25) is 0 Å². The monoisotopic (exact) mass is 270 g/mol. The highest BCUT2D eigenvalue weighted by Gasteiger charge is 2.34. The minimum Gasteiger partial charge on any atom is -0.480 e. The van der Waals surface area contributed by atoms with Crippen molar-refractivity contribution in [3.63, 3.8) is 0 Å². The minimum absolute atomic E-state index is 0.240. The summed E-state index contributed by atoms with van der Waals surface area (Å²) < 4.78 is 0. The zero-order valence-electron chi connectivity index (χ0n) is 12.3. The first-order valence-corrected chi connectivity index (χ1v) is 7.11. The predicted octanol–water partition coefficient (Wildman–Crippen LogP) is 2.17. The molecule has 0 aromatic carbocycles. The molecular weight excluding hydrogens is 244 g/mol. The molecule has 0 aromatic rings. The Balaban J connectivity index is 2.53. The summed E-state index contributed by atoms with van der Waals surface area (Å²) in [5, 5.41) is 12.0. The largest absolute Gasteiger partial charge is 0.480 e. The van der Waals surface area contributed by atoms with E-state index >= 15 is 0 Å². The second kappa shape index (κ2) is 6.78. The summed E-state index contributed by atoms with van der Waals surface area (Å²) in [6, 6.07) is -0.896. The van der Waals surface area contributed by atoms with Crippen LogP contribution in [0.5, 0.6) is 0 Å². The lowest BCUT2D eigenvalue weighted by Gasteiger charge is -2.27. The van der Waals surface area contributed by atoms with Gasteiger partial charge in [0.05, 0.1) is 0 Å². The summed E-state index contributed by atoms with van der Waals surface area (Å²) >= 11 is 0. The number of likely N-dealkylation sites (tertiary alicyclic amines) is 1. The van der Waals surface area contributed by atoms with Crippen LogP contribution in [0.4, 0.5) is 4.79 Å². The number of hydrogen-bond acceptors (Lipinski definition) is 2. The van der Waals surface area contributed by atoms with E-state index in [1.54, 1.807) is 0 Å². The first-order chi connectivity index (χ1) is 8.84.